The first-order valence-electron chi connectivity index (χ1n) is 6.95. The first-order valence-corrected chi connectivity index (χ1v) is 7.33. The molecule has 0 bridgehead atoms. The molecule has 0 aliphatic carbocycles. The number of halogens is 1. The van der Waals surface area contributed by atoms with Gasteiger partial charge in [-0.15, -0.1) is 0 Å². The minimum absolute atomic E-state index is 0.669. The van der Waals surface area contributed by atoms with Gasteiger partial charge in [-0.25, -0.2) is 4.99 Å². The zero-order valence-corrected chi connectivity index (χ0v) is 12.7. The van der Waals surface area contributed by atoms with E-state index in [0.29, 0.717) is 6.61 Å². The summed E-state index contributed by atoms with van der Waals surface area (Å²) in [6, 6.07) is 7.94. The third-order valence-electron chi connectivity index (χ3n) is 3.58. The maximum Gasteiger partial charge on any atom is 0.133 e. The predicted octanol–water partition coefficient (Wildman–Crippen LogP) is 3.89. The Labute approximate surface area is 129 Å². The Morgan fingerprint density at radius 1 is 1.24 bits per heavy atom. The molecule has 0 saturated heterocycles. The standard InChI is InChI=1S/C17H17ClN2O/c1-21-11-9-16-15(13-5-7-14(18)8-6-13)12-20-10-3-2-4-17(20)19-16/h2-8,10H,9,11-12H2,1H3. The first-order chi connectivity index (χ1) is 10.3. The number of hydrogen-bond donors (Lipinski definition) is 0. The molecule has 1 aromatic carbocycles. The van der Waals surface area contributed by atoms with Gasteiger partial charge in [0.05, 0.1) is 18.8 Å². The van der Waals surface area contributed by atoms with Gasteiger partial charge in [0.2, 0.25) is 0 Å². The van der Waals surface area contributed by atoms with Gasteiger partial charge in [0.15, 0.2) is 0 Å². The number of nitrogens with zero attached hydrogens (tertiary/aromatic N) is 2. The van der Waals surface area contributed by atoms with E-state index in [1.165, 1.54) is 5.57 Å². The van der Waals surface area contributed by atoms with E-state index in [1.54, 1.807) is 7.11 Å². The molecule has 2 aliphatic heterocycles. The van der Waals surface area contributed by atoms with Crippen LogP contribution >= 0.6 is 11.6 Å². The van der Waals surface area contributed by atoms with E-state index in [-0.39, 0.29) is 0 Å². The number of fused-ring (bicyclic) bond motifs is 1. The van der Waals surface area contributed by atoms with Crippen LogP contribution in [0, 0.1) is 0 Å². The molecule has 0 aromatic heterocycles. The molecule has 0 saturated carbocycles. The van der Waals surface area contributed by atoms with Crippen LogP contribution in [0.5, 0.6) is 0 Å². The Balaban J connectivity index is 2.00. The molecular formula is C17H17ClN2O. The summed E-state index contributed by atoms with van der Waals surface area (Å²) < 4.78 is 5.21. The van der Waals surface area contributed by atoms with E-state index in [0.717, 1.165) is 35.1 Å². The molecule has 0 unspecified atom stereocenters. The second-order valence-corrected chi connectivity index (χ2v) is 5.41. The Morgan fingerprint density at radius 3 is 2.81 bits per heavy atom. The fraction of sp³-hybridized carbons (Fsp3) is 0.235. The molecule has 0 N–H and O–H groups in total. The molecule has 0 atom stereocenters. The molecular weight excluding hydrogens is 284 g/mol. The largest absolute Gasteiger partial charge is 0.384 e. The van der Waals surface area contributed by atoms with Gasteiger partial charge in [0.1, 0.15) is 5.84 Å². The monoisotopic (exact) mass is 300 g/mol. The van der Waals surface area contributed by atoms with Gasteiger partial charge >= 0.3 is 0 Å². The maximum atomic E-state index is 5.99. The van der Waals surface area contributed by atoms with E-state index < -0.39 is 0 Å². The normalized spacial score (nSPS) is 17.0. The number of aliphatic imine (C=N–C) groups is 1. The zero-order valence-electron chi connectivity index (χ0n) is 11.9. The Kier molecular flexibility index (Phi) is 4.23. The Morgan fingerprint density at radius 2 is 2.05 bits per heavy atom. The number of amidine groups is 1. The summed E-state index contributed by atoms with van der Waals surface area (Å²) in [5, 5.41) is 0.749. The average molecular weight is 301 g/mol. The molecule has 0 spiro atoms. The lowest BCUT2D eigenvalue weighted by Crippen LogP contribution is -2.31. The lowest BCUT2D eigenvalue weighted by atomic mass is 10.00. The van der Waals surface area contributed by atoms with Crippen molar-refractivity contribution in [3.05, 3.63) is 65.0 Å². The molecule has 3 rings (SSSR count). The lowest BCUT2D eigenvalue weighted by molar-refractivity contribution is 0.202. The molecule has 4 heteroatoms. The average Bonchev–Trinajstić information content (AvgIpc) is 2.53. The maximum absolute atomic E-state index is 5.99. The SMILES string of the molecule is COCCC1=C(c2ccc(Cl)cc2)CN2C=CC=CC2=N1. The van der Waals surface area contributed by atoms with Crippen molar-refractivity contribution in [2.24, 2.45) is 4.99 Å². The van der Waals surface area contributed by atoms with Crippen LogP contribution in [0.3, 0.4) is 0 Å². The molecule has 0 radical (unpaired) electrons. The number of methoxy groups -OCH3 is 1. The van der Waals surface area contributed by atoms with E-state index in [9.17, 15) is 0 Å². The van der Waals surface area contributed by atoms with E-state index in [2.05, 4.69) is 23.2 Å². The van der Waals surface area contributed by atoms with E-state index in [1.807, 2.05) is 30.4 Å². The molecule has 0 amide bonds. The summed E-state index contributed by atoms with van der Waals surface area (Å²) >= 11 is 5.99. The number of hydrogen-bond acceptors (Lipinski definition) is 3. The van der Waals surface area contributed by atoms with Crippen molar-refractivity contribution >= 4 is 23.0 Å². The van der Waals surface area contributed by atoms with Crippen LogP contribution in [0.25, 0.3) is 5.57 Å². The highest BCUT2D eigenvalue weighted by Crippen LogP contribution is 2.29. The van der Waals surface area contributed by atoms with Gasteiger partial charge < -0.3 is 9.64 Å². The molecule has 1 aromatic rings. The van der Waals surface area contributed by atoms with Crippen LogP contribution in [-0.2, 0) is 4.74 Å². The van der Waals surface area contributed by atoms with Crippen molar-refractivity contribution in [2.75, 3.05) is 20.3 Å². The van der Waals surface area contributed by atoms with E-state index >= 15 is 0 Å². The molecule has 2 aliphatic rings. The summed E-state index contributed by atoms with van der Waals surface area (Å²) in [4.78, 5) is 6.95. The van der Waals surface area contributed by atoms with Crippen molar-refractivity contribution in [1.82, 2.24) is 4.90 Å². The number of benzene rings is 1. The van der Waals surface area contributed by atoms with Crippen molar-refractivity contribution in [2.45, 2.75) is 6.42 Å². The molecule has 21 heavy (non-hydrogen) atoms. The van der Waals surface area contributed by atoms with Crippen LogP contribution in [-0.4, -0.2) is 31.0 Å². The van der Waals surface area contributed by atoms with Crippen LogP contribution in [0.4, 0.5) is 0 Å². The third kappa shape index (κ3) is 3.09. The summed E-state index contributed by atoms with van der Waals surface area (Å²) in [6.45, 7) is 1.49. The predicted molar refractivity (Wildman–Crippen MR) is 87.3 cm³/mol. The van der Waals surface area contributed by atoms with Gasteiger partial charge in [-0.2, -0.15) is 0 Å². The second kappa shape index (κ2) is 6.29. The minimum Gasteiger partial charge on any atom is -0.384 e. The number of allylic oxidation sites excluding steroid dienone is 2. The number of ether oxygens (including phenoxy) is 1. The topological polar surface area (TPSA) is 24.8 Å². The van der Waals surface area contributed by atoms with Crippen molar-refractivity contribution < 1.29 is 4.74 Å². The molecule has 108 valence electrons. The van der Waals surface area contributed by atoms with Crippen LogP contribution in [0.1, 0.15) is 12.0 Å². The third-order valence-corrected chi connectivity index (χ3v) is 3.83. The summed E-state index contributed by atoms with van der Waals surface area (Å²) in [6.07, 6.45) is 8.94. The van der Waals surface area contributed by atoms with Gasteiger partial charge in [0.25, 0.3) is 0 Å². The highest BCUT2D eigenvalue weighted by Gasteiger charge is 2.21. The summed E-state index contributed by atoms with van der Waals surface area (Å²) in [7, 11) is 1.72. The highest BCUT2D eigenvalue weighted by molar-refractivity contribution is 6.30. The van der Waals surface area contributed by atoms with Crippen molar-refractivity contribution in [3.63, 3.8) is 0 Å². The van der Waals surface area contributed by atoms with Crippen molar-refractivity contribution in [3.8, 4) is 0 Å². The Bertz CT molecular complexity index is 641. The smallest absolute Gasteiger partial charge is 0.133 e. The minimum atomic E-state index is 0.669. The van der Waals surface area contributed by atoms with Crippen molar-refractivity contribution in [1.29, 1.82) is 0 Å². The summed E-state index contributed by atoms with van der Waals surface area (Å²) in [5.74, 6) is 0.987. The van der Waals surface area contributed by atoms with Gasteiger partial charge in [-0.3, -0.25) is 0 Å². The first kappa shape index (κ1) is 14.1. The zero-order chi connectivity index (χ0) is 14.7. The van der Waals surface area contributed by atoms with Gasteiger partial charge in [-0.05, 0) is 29.8 Å². The number of rotatable bonds is 4. The summed E-state index contributed by atoms with van der Waals surface area (Å²) in [5.41, 5.74) is 3.48. The van der Waals surface area contributed by atoms with Crippen LogP contribution in [0.15, 0.2) is 59.4 Å². The molecule has 0 fully saturated rings. The van der Waals surface area contributed by atoms with Gasteiger partial charge in [0, 0.05) is 30.3 Å². The van der Waals surface area contributed by atoms with Crippen LogP contribution in [0.2, 0.25) is 5.02 Å². The van der Waals surface area contributed by atoms with Gasteiger partial charge in [-0.1, -0.05) is 29.8 Å². The quantitative estimate of drug-likeness (QED) is 0.843. The molecule has 3 nitrogen and oxygen atoms in total. The van der Waals surface area contributed by atoms with Crippen LogP contribution < -0.4 is 0 Å². The highest BCUT2D eigenvalue weighted by atomic mass is 35.5. The van der Waals surface area contributed by atoms with E-state index in [4.69, 9.17) is 21.3 Å². The molecule has 2 heterocycles. The fourth-order valence-electron chi connectivity index (χ4n) is 2.48. The second-order valence-electron chi connectivity index (χ2n) is 4.97. The lowest BCUT2D eigenvalue weighted by Gasteiger charge is -2.29. The Hall–Kier alpha value is -1.84. The fourth-order valence-corrected chi connectivity index (χ4v) is 2.61.